The zero-order valence-electron chi connectivity index (χ0n) is 12.2. The Morgan fingerprint density at radius 3 is 2.81 bits per heavy atom. The van der Waals surface area contributed by atoms with E-state index < -0.39 is 0 Å². The fourth-order valence-corrected chi connectivity index (χ4v) is 2.51. The molecule has 0 saturated carbocycles. The lowest BCUT2D eigenvalue weighted by atomic mass is 10.1. The number of hydrogen-bond donors (Lipinski definition) is 2. The van der Waals surface area contributed by atoms with Crippen LogP contribution in [0.2, 0.25) is 0 Å². The second kappa shape index (κ2) is 7.49. The average molecular weight is 307 g/mol. The number of nitrogens with zero attached hydrogens (tertiary/aromatic N) is 1. The van der Waals surface area contributed by atoms with Crippen LogP contribution in [-0.2, 0) is 16.1 Å². The summed E-state index contributed by atoms with van der Waals surface area (Å²) in [5.41, 5.74) is 7.58. The third kappa shape index (κ3) is 4.23. The minimum atomic E-state index is -0.228. The van der Waals surface area contributed by atoms with Crippen LogP contribution in [0, 0.1) is 0 Å². The van der Waals surface area contributed by atoms with E-state index in [4.69, 9.17) is 22.7 Å². The molecule has 6 heteroatoms. The van der Waals surface area contributed by atoms with E-state index in [9.17, 15) is 4.79 Å². The number of hydrogen-bond acceptors (Lipinski definition) is 4. The van der Waals surface area contributed by atoms with Crippen molar-refractivity contribution in [2.24, 2.45) is 5.73 Å². The number of rotatable bonds is 5. The van der Waals surface area contributed by atoms with Gasteiger partial charge in [-0.1, -0.05) is 36.5 Å². The second-order valence-electron chi connectivity index (χ2n) is 5.02. The first kappa shape index (κ1) is 15.9. The van der Waals surface area contributed by atoms with E-state index in [0.717, 1.165) is 17.7 Å². The zero-order valence-corrected chi connectivity index (χ0v) is 13.0. The van der Waals surface area contributed by atoms with Gasteiger partial charge in [0.1, 0.15) is 11.0 Å². The molecule has 21 heavy (non-hydrogen) atoms. The molecule has 0 spiro atoms. The van der Waals surface area contributed by atoms with Crippen LogP contribution in [0.3, 0.4) is 0 Å². The summed E-state index contributed by atoms with van der Waals surface area (Å²) in [6, 6.07) is 7.60. The Labute approximate surface area is 130 Å². The largest absolute Gasteiger partial charge is 0.389 e. The molecule has 1 aromatic carbocycles. The molecule has 0 radical (unpaired) electrons. The molecule has 1 unspecified atom stereocenters. The molecule has 3 N–H and O–H groups in total. The lowest BCUT2D eigenvalue weighted by Gasteiger charge is -2.34. The van der Waals surface area contributed by atoms with Gasteiger partial charge in [0.15, 0.2) is 0 Å². The number of likely N-dealkylation sites (N-methyl/N-ethyl adjacent to an activating group) is 1. The van der Waals surface area contributed by atoms with Gasteiger partial charge in [0, 0.05) is 25.2 Å². The van der Waals surface area contributed by atoms with Crippen LogP contribution >= 0.6 is 12.2 Å². The highest BCUT2D eigenvalue weighted by atomic mass is 32.1. The molecule has 1 heterocycles. The molecular weight excluding hydrogens is 286 g/mol. The Morgan fingerprint density at radius 2 is 2.19 bits per heavy atom. The molecule has 2 rings (SSSR count). The van der Waals surface area contributed by atoms with Gasteiger partial charge >= 0.3 is 0 Å². The molecule has 5 nitrogen and oxygen atoms in total. The highest BCUT2D eigenvalue weighted by Crippen LogP contribution is 2.13. The van der Waals surface area contributed by atoms with E-state index in [1.165, 1.54) is 0 Å². The van der Waals surface area contributed by atoms with Gasteiger partial charge in [0.25, 0.3) is 0 Å². The molecular formula is C15H21N3O2S. The molecule has 1 atom stereocenters. The highest BCUT2D eigenvalue weighted by Gasteiger charge is 2.28. The monoisotopic (exact) mass is 307 g/mol. The summed E-state index contributed by atoms with van der Waals surface area (Å²) < 4.78 is 5.43. The summed E-state index contributed by atoms with van der Waals surface area (Å²) in [6.07, 6.45) is 0. The summed E-state index contributed by atoms with van der Waals surface area (Å²) in [5.74, 6) is 0.0250. The van der Waals surface area contributed by atoms with Crippen LogP contribution in [-0.4, -0.2) is 48.1 Å². The van der Waals surface area contributed by atoms with E-state index in [2.05, 4.69) is 10.2 Å². The first-order chi connectivity index (χ1) is 10.1. The standard InChI is InChI=1S/C15H21N3O2S/c1-2-17-15(19)13-10-20-8-7-18(13)9-11-3-5-12(6-4-11)14(16)21/h3-6,13H,2,7-10H2,1H3,(H2,16,21)(H,17,19). The Kier molecular flexibility index (Phi) is 5.67. The summed E-state index contributed by atoms with van der Waals surface area (Å²) in [7, 11) is 0. The van der Waals surface area contributed by atoms with Crippen molar-refractivity contribution < 1.29 is 9.53 Å². The molecule has 0 bridgehead atoms. The summed E-state index contributed by atoms with van der Waals surface area (Å²) in [6.45, 7) is 5.10. The maximum Gasteiger partial charge on any atom is 0.239 e. The number of ether oxygens (including phenoxy) is 1. The fraction of sp³-hybridized carbons (Fsp3) is 0.467. The fourth-order valence-electron chi connectivity index (χ4n) is 2.37. The van der Waals surface area contributed by atoms with Crippen molar-refractivity contribution in [2.75, 3.05) is 26.3 Å². The summed E-state index contributed by atoms with van der Waals surface area (Å²) in [5, 5.41) is 2.86. The smallest absolute Gasteiger partial charge is 0.239 e. The Balaban J connectivity index is 2.04. The van der Waals surface area contributed by atoms with Gasteiger partial charge in [-0.05, 0) is 12.5 Å². The van der Waals surface area contributed by atoms with E-state index >= 15 is 0 Å². The number of nitrogens with two attached hydrogens (primary N) is 1. The number of nitrogens with one attached hydrogen (secondary N) is 1. The maximum absolute atomic E-state index is 12.1. The van der Waals surface area contributed by atoms with Crippen molar-refractivity contribution >= 4 is 23.1 Å². The number of thiocarbonyl (C=S) groups is 1. The Bertz CT molecular complexity index is 504. The van der Waals surface area contributed by atoms with Crippen molar-refractivity contribution in [1.82, 2.24) is 10.2 Å². The lowest BCUT2D eigenvalue weighted by Crippen LogP contribution is -2.53. The van der Waals surface area contributed by atoms with Crippen LogP contribution in [0.4, 0.5) is 0 Å². The number of carbonyl (C=O) groups is 1. The number of morpholine rings is 1. The average Bonchev–Trinajstić information content (AvgIpc) is 2.48. The van der Waals surface area contributed by atoms with Crippen LogP contribution in [0.25, 0.3) is 0 Å². The zero-order chi connectivity index (χ0) is 15.2. The van der Waals surface area contributed by atoms with Gasteiger partial charge in [0.05, 0.1) is 13.2 Å². The highest BCUT2D eigenvalue weighted by molar-refractivity contribution is 7.80. The van der Waals surface area contributed by atoms with Crippen LogP contribution < -0.4 is 11.1 Å². The predicted octanol–water partition coefficient (Wildman–Crippen LogP) is 0.658. The van der Waals surface area contributed by atoms with E-state index in [-0.39, 0.29) is 11.9 Å². The minimum absolute atomic E-state index is 0.0250. The predicted molar refractivity (Wildman–Crippen MR) is 86.0 cm³/mol. The van der Waals surface area contributed by atoms with Gasteiger partial charge in [0.2, 0.25) is 5.91 Å². The van der Waals surface area contributed by atoms with Crippen LogP contribution in [0.15, 0.2) is 24.3 Å². The molecule has 1 aromatic rings. The topological polar surface area (TPSA) is 67.6 Å². The van der Waals surface area contributed by atoms with Crippen LogP contribution in [0.1, 0.15) is 18.1 Å². The van der Waals surface area contributed by atoms with Crippen molar-refractivity contribution in [3.05, 3.63) is 35.4 Å². The minimum Gasteiger partial charge on any atom is -0.389 e. The number of amides is 1. The first-order valence-electron chi connectivity index (χ1n) is 7.10. The third-order valence-electron chi connectivity index (χ3n) is 3.52. The van der Waals surface area contributed by atoms with Gasteiger partial charge in [-0.2, -0.15) is 0 Å². The number of benzene rings is 1. The van der Waals surface area contributed by atoms with Crippen molar-refractivity contribution in [3.8, 4) is 0 Å². The molecule has 0 aliphatic carbocycles. The number of carbonyl (C=O) groups excluding carboxylic acids is 1. The van der Waals surface area contributed by atoms with Crippen molar-refractivity contribution in [1.29, 1.82) is 0 Å². The second-order valence-corrected chi connectivity index (χ2v) is 5.46. The summed E-state index contributed by atoms with van der Waals surface area (Å²) in [4.78, 5) is 14.6. The molecule has 114 valence electrons. The molecule has 1 fully saturated rings. The first-order valence-corrected chi connectivity index (χ1v) is 7.51. The third-order valence-corrected chi connectivity index (χ3v) is 3.75. The Hall–Kier alpha value is -1.50. The van der Waals surface area contributed by atoms with E-state index in [0.29, 0.717) is 31.3 Å². The van der Waals surface area contributed by atoms with E-state index in [1.807, 2.05) is 31.2 Å². The Morgan fingerprint density at radius 1 is 1.48 bits per heavy atom. The van der Waals surface area contributed by atoms with Gasteiger partial charge in [-0.3, -0.25) is 9.69 Å². The molecule has 1 amide bonds. The van der Waals surface area contributed by atoms with Crippen molar-refractivity contribution in [2.45, 2.75) is 19.5 Å². The van der Waals surface area contributed by atoms with Gasteiger partial charge in [-0.25, -0.2) is 0 Å². The summed E-state index contributed by atoms with van der Waals surface area (Å²) >= 11 is 4.95. The molecule has 1 aliphatic rings. The molecule has 1 saturated heterocycles. The lowest BCUT2D eigenvalue weighted by molar-refractivity contribution is -0.132. The SMILES string of the molecule is CCNC(=O)C1COCCN1Cc1ccc(C(N)=S)cc1. The van der Waals surface area contributed by atoms with Crippen LogP contribution in [0.5, 0.6) is 0 Å². The van der Waals surface area contributed by atoms with Crippen molar-refractivity contribution in [3.63, 3.8) is 0 Å². The molecule has 0 aromatic heterocycles. The van der Waals surface area contributed by atoms with Gasteiger partial charge < -0.3 is 15.8 Å². The maximum atomic E-state index is 12.1. The quantitative estimate of drug-likeness (QED) is 0.782. The van der Waals surface area contributed by atoms with E-state index in [1.54, 1.807) is 0 Å². The molecule has 1 aliphatic heterocycles. The van der Waals surface area contributed by atoms with Gasteiger partial charge in [-0.15, -0.1) is 0 Å². The normalized spacial score (nSPS) is 19.2.